The summed E-state index contributed by atoms with van der Waals surface area (Å²) >= 11 is 5.05. The van der Waals surface area contributed by atoms with Crippen molar-refractivity contribution in [3.05, 3.63) is 28.2 Å². The lowest BCUT2D eigenvalue weighted by atomic mass is 10.2. The number of carbonyl (C=O) groups excluding carboxylic acids is 1. The minimum Gasteiger partial charge on any atom is -0.298 e. The van der Waals surface area contributed by atoms with Gasteiger partial charge < -0.3 is 0 Å². The van der Waals surface area contributed by atoms with Gasteiger partial charge in [-0.3, -0.25) is 4.79 Å². The average molecular weight is 245 g/mol. The lowest BCUT2D eigenvalue weighted by molar-refractivity contribution is 0.112. The maximum absolute atomic E-state index is 10.6. The predicted molar refractivity (Wildman–Crippen MR) is 55.9 cm³/mol. The average Bonchev–Trinajstić information content (AvgIpc) is 2.05. The molecule has 0 saturated carbocycles. The van der Waals surface area contributed by atoms with Crippen molar-refractivity contribution in [1.29, 1.82) is 0 Å². The van der Waals surface area contributed by atoms with Gasteiger partial charge in [-0.1, -0.05) is 22.9 Å². The molecule has 0 N–H and O–H groups in total. The van der Waals surface area contributed by atoms with Crippen LogP contribution < -0.4 is 0 Å². The van der Waals surface area contributed by atoms with Crippen LogP contribution in [0.1, 0.15) is 17.3 Å². The first-order valence-corrected chi connectivity index (χ1v) is 5.43. The van der Waals surface area contributed by atoms with E-state index in [2.05, 4.69) is 22.9 Å². The zero-order valence-electron chi connectivity index (χ0n) is 6.71. The SMILES string of the molecule is CCSc1cc(Br)ccc1C=O. The molecule has 1 rings (SSSR count). The van der Waals surface area contributed by atoms with Crippen LogP contribution in [0, 0.1) is 0 Å². The first-order chi connectivity index (χ1) is 5.77. The number of thioether (sulfide) groups is 1. The molecule has 0 aliphatic carbocycles. The standard InChI is InChI=1S/C9H9BrOS/c1-2-12-9-5-8(10)4-3-7(9)6-11/h3-6H,2H2,1H3. The van der Waals surface area contributed by atoms with E-state index in [1.807, 2.05) is 18.2 Å². The van der Waals surface area contributed by atoms with Gasteiger partial charge >= 0.3 is 0 Å². The molecular weight excluding hydrogens is 236 g/mol. The molecular formula is C9H9BrOS. The van der Waals surface area contributed by atoms with E-state index in [4.69, 9.17) is 0 Å². The van der Waals surface area contributed by atoms with Crippen molar-refractivity contribution in [2.45, 2.75) is 11.8 Å². The first-order valence-electron chi connectivity index (χ1n) is 3.65. The number of aldehydes is 1. The number of carbonyl (C=O) groups is 1. The molecule has 0 radical (unpaired) electrons. The number of rotatable bonds is 3. The van der Waals surface area contributed by atoms with Crippen molar-refractivity contribution in [2.75, 3.05) is 5.75 Å². The summed E-state index contributed by atoms with van der Waals surface area (Å²) in [5.41, 5.74) is 0.769. The molecule has 12 heavy (non-hydrogen) atoms. The van der Waals surface area contributed by atoms with Crippen LogP contribution in [-0.2, 0) is 0 Å². The zero-order valence-corrected chi connectivity index (χ0v) is 9.11. The number of benzene rings is 1. The second-order valence-corrected chi connectivity index (χ2v) is 4.45. The Morgan fingerprint density at radius 3 is 2.92 bits per heavy atom. The van der Waals surface area contributed by atoms with Crippen molar-refractivity contribution in [1.82, 2.24) is 0 Å². The molecule has 64 valence electrons. The Kier molecular flexibility index (Phi) is 3.82. The largest absolute Gasteiger partial charge is 0.298 e. The van der Waals surface area contributed by atoms with Crippen LogP contribution in [0.3, 0.4) is 0 Å². The molecule has 1 aromatic rings. The molecule has 1 nitrogen and oxygen atoms in total. The molecule has 0 bridgehead atoms. The highest BCUT2D eigenvalue weighted by Gasteiger charge is 2.00. The molecule has 0 spiro atoms. The third kappa shape index (κ3) is 2.35. The van der Waals surface area contributed by atoms with Gasteiger partial charge in [0.05, 0.1) is 0 Å². The molecule has 0 saturated heterocycles. The minimum absolute atomic E-state index is 0.769. The molecule has 0 aliphatic rings. The van der Waals surface area contributed by atoms with Crippen LogP contribution in [0.15, 0.2) is 27.6 Å². The maximum Gasteiger partial charge on any atom is 0.151 e. The lowest BCUT2D eigenvalue weighted by Gasteiger charge is -2.02. The van der Waals surface area contributed by atoms with Crippen LogP contribution in [-0.4, -0.2) is 12.0 Å². The first kappa shape index (κ1) is 9.81. The summed E-state index contributed by atoms with van der Waals surface area (Å²) in [5, 5.41) is 0. The summed E-state index contributed by atoms with van der Waals surface area (Å²) in [6, 6.07) is 5.68. The minimum atomic E-state index is 0.769. The monoisotopic (exact) mass is 244 g/mol. The van der Waals surface area contributed by atoms with E-state index in [9.17, 15) is 4.79 Å². The molecule has 0 unspecified atom stereocenters. The van der Waals surface area contributed by atoms with Gasteiger partial charge in [0.15, 0.2) is 6.29 Å². The highest BCUT2D eigenvalue weighted by molar-refractivity contribution is 9.10. The second kappa shape index (κ2) is 4.67. The van der Waals surface area contributed by atoms with Gasteiger partial charge in [0, 0.05) is 14.9 Å². The van der Waals surface area contributed by atoms with Crippen LogP contribution in [0.2, 0.25) is 0 Å². The summed E-state index contributed by atoms with van der Waals surface area (Å²) in [6.07, 6.45) is 0.893. The molecule has 0 atom stereocenters. The number of hydrogen-bond donors (Lipinski definition) is 0. The Balaban J connectivity index is 3.03. The number of halogens is 1. The topological polar surface area (TPSA) is 17.1 Å². The second-order valence-electron chi connectivity index (χ2n) is 2.23. The van der Waals surface area contributed by atoms with Crippen molar-refractivity contribution in [2.24, 2.45) is 0 Å². The quantitative estimate of drug-likeness (QED) is 0.599. The van der Waals surface area contributed by atoms with Crippen LogP contribution in [0.4, 0.5) is 0 Å². The van der Waals surface area contributed by atoms with E-state index in [-0.39, 0.29) is 0 Å². The van der Waals surface area contributed by atoms with E-state index in [0.717, 1.165) is 27.0 Å². The summed E-state index contributed by atoms with van der Waals surface area (Å²) in [4.78, 5) is 11.6. The Labute approximate surface area is 84.7 Å². The fourth-order valence-electron chi connectivity index (χ4n) is 0.886. The van der Waals surface area contributed by atoms with Gasteiger partial charge in [-0.05, 0) is 24.0 Å². The van der Waals surface area contributed by atoms with Gasteiger partial charge in [0.2, 0.25) is 0 Å². The van der Waals surface area contributed by atoms with Gasteiger partial charge in [-0.25, -0.2) is 0 Å². The summed E-state index contributed by atoms with van der Waals surface area (Å²) in [5.74, 6) is 0.983. The highest BCUT2D eigenvalue weighted by atomic mass is 79.9. The van der Waals surface area contributed by atoms with Gasteiger partial charge in [0.25, 0.3) is 0 Å². The molecule has 0 aromatic heterocycles. The van der Waals surface area contributed by atoms with Crippen molar-refractivity contribution in [3.8, 4) is 0 Å². The fourth-order valence-corrected chi connectivity index (χ4v) is 2.20. The summed E-state index contributed by atoms with van der Waals surface area (Å²) < 4.78 is 1.02. The van der Waals surface area contributed by atoms with Crippen molar-refractivity contribution < 1.29 is 4.79 Å². The molecule has 0 fully saturated rings. The van der Waals surface area contributed by atoms with Gasteiger partial charge in [-0.15, -0.1) is 11.8 Å². The highest BCUT2D eigenvalue weighted by Crippen LogP contribution is 2.24. The Morgan fingerprint density at radius 1 is 1.58 bits per heavy atom. The van der Waals surface area contributed by atoms with Gasteiger partial charge in [0.1, 0.15) is 0 Å². The number of hydrogen-bond acceptors (Lipinski definition) is 2. The molecule has 0 amide bonds. The van der Waals surface area contributed by atoms with E-state index in [0.29, 0.717) is 0 Å². The van der Waals surface area contributed by atoms with E-state index >= 15 is 0 Å². The fraction of sp³-hybridized carbons (Fsp3) is 0.222. The Hall–Kier alpha value is -0.280. The van der Waals surface area contributed by atoms with Gasteiger partial charge in [-0.2, -0.15) is 0 Å². The summed E-state index contributed by atoms with van der Waals surface area (Å²) in [7, 11) is 0. The molecule has 0 aliphatic heterocycles. The van der Waals surface area contributed by atoms with Crippen LogP contribution >= 0.6 is 27.7 Å². The molecule has 1 aromatic carbocycles. The normalized spacial score (nSPS) is 9.83. The third-order valence-corrected chi connectivity index (χ3v) is 2.85. The zero-order chi connectivity index (χ0) is 8.97. The predicted octanol–water partition coefficient (Wildman–Crippen LogP) is 3.37. The van der Waals surface area contributed by atoms with E-state index in [1.54, 1.807) is 11.8 Å². The van der Waals surface area contributed by atoms with Crippen LogP contribution in [0.25, 0.3) is 0 Å². The molecule has 3 heteroatoms. The lowest BCUT2D eigenvalue weighted by Crippen LogP contribution is -1.84. The van der Waals surface area contributed by atoms with E-state index in [1.165, 1.54) is 0 Å². The third-order valence-electron chi connectivity index (χ3n) is 1.40. The Morgan fingerprint density at radius 2 is 2.33 bits per heavy atom. The van der Waals surface area contributed by atoms with Crippen molar-refractivity contribution in [3.63, 3.8) is 0 Å². The smallest absolute Gasteiger partial charge is 0.151 e. The molecule has 0 heterocycles. The van der Waals surface area contributed by atoms with E-state index < -0.39 is 0 Å². The van der Waals surface area contributed by atoms with Crippen molar-refractivity contribution >= 4 is 34.0 Å². The van der Waals surface area contributed by atoms with Crippen LogP contribution in [0.5, 0.6) is 0 Å². The Bertz CT molecular complexity index is 286. The maximum atomic E-state index is 10.6. The summed E-state index contributed by atoms with van der Waals surface area (Å²) in [6.45, 7) is 2.07.